The van der Waals surface area contributed by atoms with Crippen LogP contribution in [0.4, 0.5) is 57.1 Å². The third-order valence-electron chi connectivity index (χ3n) is 16.2. The lowest BCUT2D eigenvalue weighted by molar-refractivity contribution is -0.165. The highest BCUT2D eigenvalue weighted by Crippen LogP contribution is 2.89. The second kappa shape index (κ2) is 31.3. The first-order valence-corrected chi connectivity index (χ1v) is 26.6. The molecule has 0 aromatic carbocycles. The summed E-state index contributed by atoms with van der Waals surface area (Å²) in [7, 11) is 0. The fourth-order valence-electron chi connectivity index (χ4n) is 11.0. The fraction of sp³-hybridized carbons (Fsp3) is 0.350. The van der Waals surface area contributed by atoms with Gasteiger partial charge in [-0.2, -0.15) is 0 Å². The van der Waals surface area contributed by atoms with Crippen molar-refractivity contribution in [2.45, 2.75) is 103 Å². The van der Waals surface area contributed by atoms with E-state index in [9.17, 15) is 129 Å². The summed E-state index contributed by atoms with van der Waals surface area (Å²) >= 11 is 0. The highest BCUT2D eigenvalue weighted by molar-refractivity contribution is 5.98. The van der Waals surface area contributed by atoms with Crippen LogP contribution < -0.4 is 0 Å². The molecule has 0 rings (SSSR count). The molecule has 26 nitrogen and oxygen atoms in total. The Labute approximate surface area is 546 Å². The Hall–Kier alpha value is -11.2. The predicted molar refractivity (Wildman–Crippen MR) is 304 cm³/mol. The van der Waals surface area contributed by atoms with Crippen LogP contribution in [0, 0.1) is 32.5 Å². The van der Waals surface area contributed by atoms with Gasteiger partial charge in [0.2, 0.25) is 0 Å². The normalized spacial score (nSPS) is 19.1. The molecule has 0 saturated heterocycles. The van der Waals surface area contributed by atoms with Crippen molar-refractivity contribution in [3.8, 4) is 0 Å². The number of halogens is 13. The minimum atomic E-state index is -8.50. The summed E-state index contributed by atoms with van der Waals surface area (Å²) in [5, 5.41) is 140. The highest BCUT2D eigenvalue weighted by Gasteiger charge is 2.92. The van der Waals surface area contributed by atoms with Gasteiger partial charge in [0.1, 0.15) is 103 Å². The molecule has 39 heteroatoms. The van der Waals surface area contributed by atoms with Crippen molar-refractivity contribution in [3.63, 3.8) is 0 Å². The van der Waals surface area contributed by atoms with E-state index in [-0.39, 0.29) is 6.92 Å². The van der Waals surface area contributed by atoms with Crippen LogP contribution in [0.15, 0.2) is 148 Å². The van der Waals surface area contributed by atoms with Gasteiger partial charge in [0, 0.05) is 0 Å². The van der Waals surface area contributed by atoms with Crippen molar-refractivity contribution in [3.05, 3.63) is 148 Å². The summed E-state index contributed by atoms with van der Waals surface area (Å²) in [6, 6.07) is 0. The molecule has 0 fully saturated rings. The van der Waals surface area contributed by atoms with Crippen LogP contribution in [0.5, 0.6) is 0 Å². The van der Waals surface area contributed by atoms with Gasteiger partial charge in [-0.3, -0.25) is 0 Å². The number of hydrogen-bond acceptors (Lipinski definition) is 13. The first kappa shape index (κ1) is 87.8. The van der Waals surface area contributed by atoms with Gasteiger partial charge in [-0.1, -0.05) is 6.92 Å². The summed E-state index contributed by atoms with van der Waals surface area (Å²) < 4.78 is 266. The molecule has 544 valence electrons. The molecule has 0 heterocycles. The first-order chi connectivity index (χ1) is 44.8. The number of carbonyl (C=O) groups is 13. The Balaban J connectivity index is 17.4. The third kappa shape index (κ3) is 13.0. The van der Waals surface area contributed by atoms with Crippen LogP contribution in [-0.4, -0.2) is 144 Å². The number of rotatable bonds is 32. The maximum atomic E-state index is 21.2. The highest BCUT2D eigenvalue weighted by atomic mass is 19.2. The standard InChI is InChI=1S/C60H57F13O26/c1-15-55(29(61)16(2)42(74)75,30(62)17(3)43(76)77)57(34(66)21(7)47(84)85,35(67)22(8)48(86)87)59(38(70)25(11)51(92)93,39(71)26(12)52(94)95)60(40(72)27(13)53(96)97,41(73)28(14)54(98)99)58(36(68)23(9)49(88)89,37(69)24(10)50(90)91)56(31(63)18(4)44(78)79,32(64)19(5)45(80)81)33(65)20(6)46(82)83/h15H2,1-14H3,(H,74,75)(H,76,77)(H,78,79)(H,80,81)(H,82,83)(H,84,85)(H,86,87)(H,88,89)(H,90,91)(H,92,93)(H,94,95)(H,96,97)(H,98,99). The topological polar surface area (TPSA) is 485 Å². The van der Waals surface area contributed by atoms with E-state index in [0.717, 1.165) is 0 Å². The van der Waals surface area contributed by atoms with Crippen LogP contribution in [0.1, 0.15) is 103 Å². The van der Waals surface area contributed by atoms with E-state index in [1.54, 1.807) is 0 Å². The van der Waals surface area contributed by atoms with Crippen molar-refractivity contribution in [1.29, 1.82) is 0 Å². The molecule has 0 aliphatic rings. The van der Waals surface area contributed by atoms with Gasteiger partial charge in [0.25, 0.3) is 0 Å². The molecule has 0 spiro atoms. The van der Waals surface area contributed by atoms with Gasteiger partial charge in [0.05, 0.1) is 77.9 Å². The van der Waals surface area contributed by atoms with E-state index in [1.165, 1.54) is 0 Å². The van der Waals surface area contributed by atoms with Gasteiger partial charge in [0.15, 0.2) is 0 Å². The third-order valence-corrected chi connectivity index (χ3v) is 16.2. The zero-order valence-corrected chi connectivity index (χ0v) is 53.2. The zero-order chi connectivity index (χ0) is 79.2. The molecule has 0 amide bonds. The van der Waals surface area contributed by atoms with Crippen LogP contribution in [0.2, 0.25) is 0 Å². The number of allylic oxidation sites excluding steroid dienone is 13. The molecule has 0 unspecified atom stereocenters. The summed E-state index contributed by atoms with van der Waals surface area (Å²) in [5.74, 6) is -107. The largest absolute Gasteiger partial charge is 0.478 e. The van der Waals surface area contributed by atoms with Gasteiger partial charge < -0.3 is 66.4 Å². The smallest absolute Gasteiger partial charge is 0.333 e. The lowest BCUT2D eigenvalue weighted by atomic mass is 9.30. The second-order valence-electron chi connectivity index (χ2n) is 21.2. The minimum Gasteiger partial charge on any atom is -0.478 e. The Bertz CT molecular complexity index is 3830. The monoisotopic (exact) mass is 1440 g/mol. The molecule has 99 heavy (non-hydrogen) atoms. The van der Waals surface area contributed by atoms with Gasteiger partial charge >= 0.3 is 77.6 Å². The van der Waals surface area contributed by atoms with Crippen LogP contribution in [-0.2, 0) is 62.3 Å². The van der Waals surface area contributed by atoms with Gasteiger partial charge in [-0.25, -0.2) is 119 Å². The Morgan fingerprint density at radius 1 is 0.192 bits per heavy atom. The molecule has 0 aromatic heterocycles. The van der Waals surface area contributed by atoms with E-state index in [2.05, 4.69) is 0 Å². The van der Waals surface area contributed by atoms with E-state index in [4.69, 9.17) is 0 Å². The molecular weight excluding hydrogens is 1380 g/mol. The average Bonchev–Trinajstić information content (AvgIpc) is 0.625. The number of carboxylic acids is 13. The van der Waals surface area contributed by atoms with E-state index < -0.39 is 355 Å². The van der Waals surface area contributed by atoms with E-state index in [1.807, 2.05) is 0 Å². The average molecular weight is 1440 g/mol. The van der Waals surface area contributed by atoms with E-state index >= 15 is 57.1 Å². The van der Waals surface area contributed by atoms with Crippen molar-refractivity contribution >= 4 is 77.6 Å². The molecule has 13 N–H and O–H groups in total. The molecule has 0 bridgehead atoms. The Morgan fingerprint density at radius 2 is 0.303 bits per heavy atom. The molecular formula is C60H57F13O26. The fourth-order valence-corrected chi connectivity index (χ4v) is 11.0. The first-order valence-electron chi connectivity index (χ1n) is 26.6. The van der Waals surface area contributed by atoms with Crippen molar-refractivity contribution in [2.75, 3.05) is 0 Å². The molecule has 0 saturated carbocycles. The van der Waals surface area contributed by atoms with Crippen molar-refractivity contribution < 1.29 is 186 Å². The quantitative estimate of drug-likeness (QED) is 0.0220. The Morgan fingerprint density at radius 3 is 0.444 bits per heavy atom. The SMILES string of the molecule is CCC(C(F)=C(C)C(=O)O)(C(F)=C(C)C(=O)O)C(C(F)=C(C)C(=O)O)(C(F)=C(C)C(=O)O)C(C(F)=C(C)C(=O)O)(C(F)=C(C)C(=O)O)C(C(F)=C(C)C(=O)O)(C(F)=C(C)C(=O)O)C(C(F)=C(C)C(=O)O)(C(F)=C(C)C(=O)O)C(C(F)=C(C)C(=O)O)(C(F)=C(C)C(=O)O)C(F)=C(C)C(=O)O. The van der Waals surface area contributed by atoms with Crippen LogP contribution in [0.3, 0.4) is 0 Å². The number of aliphatic carboxylic acids is 13. The van der Waals surface area contributed by atoms with Gasteiger partial charge in [-0.15, -0.1) is 0 Å². The van der Waals surface area contributed by atoms with Crippen molar-refractivity contribution in [1.82, 2.24) is 0 Å². The molecule has 0 aliphatic carbocycles. The minimum absolute atomic E-state index is 0.352. The summed E-state index contributed by atoms with van der Waals surface area (Å²) in [6.45, 7) is -9.42. The number of carboxylic acid groups (broad SMARTS) is 13. The molecule has 0 aromatic rings. The van der Waals surface area contributed by atoms with Crippen LogP contribution in [0.25, 0.3) is 0 Å². The predicted octanol–water partition coefficient (Wildman–Crippen LogP) is 11.6. The molecule has 0 aliphatic heterocycles. The maximum Gasteiger partial charge on any atom is 0.333 e. The summed E-state index contributed by atoms with van der Waals surface area (Å²) in [4.78, 5) is 178. The summed E-state index contributed by atoms with van der Waals surface area (Å²) in [6.07, 6.45) is -3.20. The Kier molecular flexibility index (Phi) is 27.8. The van der Waals surface area contributed by atoms with E-state index in [0.29, 0.717) is 0 Å². The second-order valence-corrected chi connectivity index (χ2v) is 21.2. The lowest BCUT2D eigenvalue weighted by Crippen LogP contribution is -2.72. The zero-order valence-electron chi connectivity index (χ0n) is 53.2. The molecule has 0 atom stereocenters. The van der Waals surface area contributed by atoms with Crippen LogP contribution >= 0.6 is 0 Å². The molecule has 0 radical (unpaired) electrons. The summed E-state index contributed by atoms with van der Waals surface area (Å²) in [5.41, 5.74) is -89.6. The maximum absolute atomic E-state index is 21.2. The number of hydrogen-bond donors (Lipinski definition) is 13. The van der Waals surface area contributed by atoms with Gasteiger partial charge in [-0.05, 0) is 96.4 Å². The van der Waals surface area contributed by atoms with Crippen molar-refractivity contribution in [2.24, 2.45) is 32.5 Å². The lowest BCUT2D eigenvalue weighted by Gasteiger charge is -2.68.